The molecule has 0 unspecified atom stereocenters. The summed E-state index contributed by atoms with van der Waals surface area (Å²) in [7, 11) is -3.53. The van der Waals surface area contributed by atoms with Gasteiger partial charge in [-0.05, 0) is 19.1 Å². The standard InChI is InChI=1S/C11H15NO4S/c1-9(16-10(2)13)8-12-17(14,15)11-6-4-3-5-7-11/h3-7,9,12H,8H2,1-2H3/t9-/m1/s1. The molecule has 0 saturated heterocycles. The van der Waals surface area contributed by atoms with Crippen LogP contribution in [0.1, 0.15) is 13.8 Å². The highest BCUT2D eigenvalue weighted by molar-refractivity contribution is 7.89. The molecule has 1 atom stereocenters. The van der Waals surface area contributed by atoms with E-state index in [9.17, 15) is 13.2 Å². The predicted octanol–water partition coefficient (Wildman–Crippen LogP) is 0.916. The van der Waals surface area contributed by atoms with Gasteiger partial charge in [-0.3, -0.25) is 4.79 Å². The highest BCUT2D eigenvalue weighted by Crippen LogP contribution is 2.07. The van der Waals surface area contributed by atoms with Crippen molar-refractivity contribution in [2.75, 3.05) is 6.54 Å². The molecule has 0 spiro atoms. The average Bonchev–Trinajstić information content (AvgIpc) is 2.27. The van der Waals surface area contributed by atoms with E-state index >= 15 is 0 Å². The zero-order valence-electron chi connectivity index (χ0n) is 9.71. The first-order valence-electron chi connectivity index (χ1n) is 5.14. The van der Waals surface area contributed by atoms with Crippen molar-refractivity contribution in [1.29, 1.82) is 0 Å². The summed E-state index contributed by atoms with van der Waals surface area (Å²) in [6.07, 6.45) is -0.494. The number of benzene rings is 1. The van der Waals surface area contributed by atoms with E-state index in [1.54, 1.807) is 25.1 Å². The minimum Gasteiger partial charge on any atom is -0.461 e. The first-order chi connectivity index (χ1) is 7.92. The number of carbonyl (C=O) groups is 1. The molecule has 0 aliphatic rings. The molecule has 94 valence electrons. The van der Waals surface area contributed by atoms with E-state index < -0.39 is 22.1 Å². The van der Waals surface area contributed by atoms with Crippen molar-refractivity contribution in [3.05, 3.63) is 30.3 Å². The van der Waals surface area contributed by atoms with Gasteiger partial charge in [0.1, 0.15) is 6.10 Å². The highest BCUT2D eigenvalue weighted by Gasteiger charge is 2.15. The Bertz CT molecular complexity index is 470. The zero-order valence-corrected chi connectivity index (χ0v) is 10.5. The molecule has 0 fully saturated rings. The van der Waals surface area contributed by atoms with Crippen LogP contribution in [-0.4, -0.2) is 27.0 Å². The minimum atomic E-state index is -3.53. The number of ether oxygens (including phenoxy) is 1. The van der Waals surface area contributed by atoms with Crippen LogP contribution < -0.4 is 4.72 Å². The summed E-state index contributed by atoms with van der Waals surface area (Å²) in [5, 5.41) is 0. The second-order valence-corrected chi connectivity index (χ2v) is 5.35. The second-order valence-electron chi connectivity index (χ2n) is 3.59. The number of carbonyl (C=O) groups excluding carboxylic acids is 1. The Balaban J connectivity index is 2.60. The Labute approximate surface area is 101 Å². The molecule has 0 aliphatic heterocycles. The van der Waals surface area contributed by atoms with Crippen molar-refractivity contribution in [3.63, 3.8) is 0 Å². The molecule has 0 bridgehead atoms. The summed E-state index contributed by atoms with van der Waals surface area (Å²) >= 11 is 0. The van der Waals surface area contributed by atoms with E-state index in [1.807, 2.05) is 0 Å². The van der Waals surface area contributed by atoms with Gasteiger partial charge < -0.3 is 4.74 Å². The fourth-order valence-electron chi connectivity index (χ4n) is 1.24. The van der Waals surface area contributed by atoms with Crippen LogP contribution in [0.4, 0.5) is 0 Å². The van der Waals surface area contributed by atoms with E-state index in [0.717, 1.165) is 0 Å². The summed E-state index contributed by atoms with van der Waals surface area (Å²) in [6, 6.07) is 8.02. The van der Waals surface area contributed by atoms with Crippen molar-refractivity contribution >= 4 is 16.0 Å². The number of hydrogen-bond acceptors (Lipinski definition) is 4. The fraction of sp³-hybridized carbons (Fsp3) is 0.364. The van der Waals surface area contributed by atoms with E-state index in [4.69, 9.17) is 4.74 Å². The Morgan fingerprint density at radius 2 is 1.94 bits per heavy atom. The molecule has 17 heavy (non-hydrogen) atoms. The van der Waals surface area contributed by atoms with Crippen LogP contribution in [0.25, 0.3) is 0 Å². The largest absolute Gasteiger partial charge is 0.461 e. The third-order valence-corrected chi connectivity index (χ3v) is 3.42. The van der Waals surface area contributed by atoms with Gasteiger partial charge in [0.05, 0.1) is 4.90 Å². The lowest BCUT2D eigenvalue weighted by Gasteiger charge is -2.12. The Morgan fingerprint density at radius 1 is 1.35 bits per heavy atom. The van der Waals surface area contributed by atoms with E-state index in [0.29, 0.717) is 0 Å². The molecule has 1 N–H and O–H groups in total. The van der Waals surface area contributed by atoms with Crippen molar-refractivity contribution in [3.8, 4) is 0 Å². The maximum absolute atomic E-state index is 11.8. The third-order valence-electron chi connectivity index (χ3n) is 1.98. The Morgan fingerprint density at radius 3 is 2.47 bits per heavy atom. The highest BCUT2D eigenvalue weighted by atomic mass is 32.2. The van der Waals surface area contributed by atoms with Crippen LogP contribution in [0.3, 0.4) is 0 Å². The SMILES string of the molecule is CC(=O)O[C@H](C)CNS(=O)(=O)c1ccccc1. The van der Waals surface area contributed by atoms with E-state index in [-0.39, 0.29) is 11.4 Å². The zero-order chi connectivity index (χ0) is 12.9. The molecule has 0 amide bonds. The number of hydrogen-bond donors (Lipinski definition) is 1. The van der Waals surface area contributed by atoms with Crippen LogP contribution in [0.5, 0.6) is 0 Å². The molecule has 0 aliphatic carbocycles. The smallest absolute Gasteiger partial charge is 0.302 e. The summed E-state index contributed by atoms with van der Waals surface area (Å²) in [4.78, 5) is 10.8. The number of esters is 1. The van der Waals surface area contributed by atoms with Gasteiger partial charge in [0.25, 0.3) is 0 Å². The second kappa shape index (κ2) is 5.79. The first-order valence-corrected chi connectivity index (χ1v) is 6.62. The lowest BCUT2D eigenvalue weighted by atomic mass is 10.4. The van der Waals surface area contributed by atoms with Crippen molar-refractivity contribution in [2.24, 2.45) is 0 Å². The molecule has 5 nitrogen and oxygen atoms in total. The van der Waals surface area contributed by atoms with Crippen molar-refractivity contribution < 1.29 is 17.9 Å². The first kappa shape index (κ1) is 13.7. The molecule has 1 aromatic rings. The monoisotopic (exact) mass is 257 g/mol. The summed E-state index contributed by atoms with van der Waals surface area (Å²) in [6.45, 7) is 2.95. The van der Waals surface area contributed by atoms with Gasteiger partial charge in [0.15, 0.2) is 0 Å². The lowest BCUT2D eigenvalue weighted by molar-refractivity contribution is -0.145. The average molecular weight is 257 g/mol. The molecule has 0 saturated carbocycles. The quantitative estimate of drug-likeness (QED) is 0.796. The van der Waals surface area contributed by atoms with Crippen LogP contribution >= 0.6 is 0 Å². The van der Waals surface area contributed by atoms with Gasteiger partial charge in [-0.1, -0.05) is 18.2 Å². The number of rotatable bonds is 5. The van der Waals surface area contributed by atoms with Crippen LogP contribution in [0.2, 0.25) is 0 Å². The van der Waals surface area contributed by atoms with Crippen LogP contribution in [-0.2, 0) is 19.6 Å². The molecular formula is C11H15NO4S. The van der Waals surface area contributed by atoms with Gasteiger partial charge >= 0.3 is 5.97 Å². The normalized spacial score (nSPS) is 13.1. The maximum atomic E-state index is 11.8. The van der Waals surface area contributed by atoms with Crippen LogP contribution in [0.15, 0.2) is 35.2 Å². The third kappa shape index (κ3) is 4.54. The summed E-state index contributed by atoms with van der Waals surface area (Å²) < 4.78 is 30.7. The maximum Gasteiger partial charge on any atom is 0.302 e. The van der Waals surface area contributed by atoms with Gasteiger partial charge in [-0.2, -0.15) is 0 Å². The van der Waals surface area contributed by atoms with Gasteiger partial charge in [-0.25, -0.2) is 13.1 Å². The lowest BCUT2D eigenvalue weighted by Crippen LogP contribution is -2.32. The molecular weight excluding hydrogens is 242 g/mol. The molecule has 0 heterocycles. The van der Waals surface area contributed by atoms with Gasteiger partial charge in [0.2, 0.25) is 10.0 Å². The number of sulfonamides is 1. The molecule has 0 radical (unpaired) electrons. The Kier molecular flexibility index (Phi) is 4.65. The predicted molar refractivity (Wildman–Crippen MR) is 62.9 cm³/mol. The van der Waals surface area contributed by atoms with Gasteiger partial charge in [0, 0.05) is 13.5 Å². The number of nitrogens with one attached hydrogen (secondary N) is 1. The summed E-state index contributed by atoms with van der Waals surface area (Å²) in [5.74, 6) is -0.434. The topological polar surface area (TPSA) is 72.5 Å². The molecule has 0 aromatic heterocycles. The molecule has 1 rings (SSSR count). The fourth-order valence-corrected chi connectivity index (χ4v) is 2.37. The van der Waals surface area contributed by atoms with E-state index in [2.05, 4.69) is 4.72 Å². The van der Waals surface area contributed by atoms with E-state index in [1.165, 1.54) is 19.1 Å². The molecule has 1 aromatic carbocycles. The molecule has 6 heteroatoms. The Hall–Kier alpha value is -1.40. The van der Waals surface area contributed by atoms with Crippen molar-refractivity contribution in [2.45, 2.75) is 24.8 Å². The minimum absolute atomic E-state index is 0.0524. The van der Waals surface area contributed by atoms with Gasteiger partial charge in [-0.15, -0.1) is 0 Å². The van der Waals surface area contributed by atoms with Crippen LogP contribution in [0, 0.1) is 0 Å². The summed E-state index contributed by atoms with van der Waals surface area (Å²) in [5.41, 5.74) is 0. The van der Waals surface area contributed by atoms with Crippen molar-refractivity contribution in [1.82, 2.24) is 4.72 Å².